The third kappa shape index (κ3) is 3.74. The highest BCUT2D eigenvalue weighted by Crippen LogP contribution is 2.36. The maximum absolute atomic E-state index is 12.3. The largest absolute Gasteiger partial charge is 0.493 e. The number of piperidine rings is 1. The minimum Gasteiger partial charge on any atom is -0.493 e. The fourth-order valence-corrected chi connectivity index (χ4v) is 3.02. The fourth-order valence-electron chi connectivity index (χ4n) is 2.72. The monoisotopic (exact) mass is 323 g/mol. The van der Waals surface area contributed by atoms with Gasteiger partial charge in [0.15, 0.2) is 11.5 Å². The van der Waals surface area contributed by atoms with Crippen LogP contribution in [0.25, 0.3) is 6.08 Å². The lowest BCUT2D eigenvalue weighted by Gasteiger charge is -2.32. The van der Waals surface area contributed by atoms with Gasteiger partial charge in [0, 0.05) is 18.7 Å². The predicted molar refractivity (Wildman–Crippen MR) is 88.6 cm³/mol. The smallest absolute Gasteiger partial charge is 0.246 e. The fraction of sp³-hybridized carbons (Fsp3) is 0.471. The first-order chi connectivity index (χ1) is 10.6. The maximum atomic E-state index is 12.3. The molecule has 0 N–H and O–H groups in total. The van der Waals surface area contributed by atoms with E-state index in [0.29, 0.717) is 22.6 Å². The molecule has 1 unspecified atom stereocenters. The van der Waals surface area contributed by atoms with Gasteiger partial charge in [0.25, 0.3) is 0 Å². The minimum absolute atomic E-state index is 0.0399. The Bertz CT molecular complexity index is 571. The summed E-state index contributed by atoms with van der Waals surface area (Å²) in [5.74, 6) is 1.09. The zero-order chi connectivity index (χ0) is 16.1. The van der Waals surface area contributed by atoms with Gasteiger partial charge in [-0.15, -0.1) is 0 Å². The molecular weight excluding hydrogens is 302 g/mol. The van der Waals surface area contributed by atoms with Crippen LogP contribution >= 0.6 is 11.6 Å². The number of halogens is 1. The first kappa shape index (κ1) is 16.7. The number of rotatable bonds is 4. The third-order valence-corrected chi connectivity index (χ3v) is 4.24. The van der Waals surface area contributed by atoms with E-state index in [9.17, 15) is 4.79 Å². The molecule has 1 aromatic carbocycles. The van der Waals surface area contributed by atoms with Crippen molar-refractivity contribution in [2.45, 2.75) is 32.2 Å². The van der Waals surface area contributed by atoms with Crippen LogP contribution in [0, 0.1) is 0 Å². The Morgan fingerprint density at radius 2 is 2.09 bits per heavy atom. The van der Waals surface area contributed by atoms with Gasteiger partial charge in [-0.2, -0.15) is 0 Å². The summed E-state index contributed by atoms with van der Waals surface area (Å²) in [6.07, 6.45) is 6.70. The van der Waals surface area contributed by atoms with E-state index in [-0.39, 0.29) is 5.91 Å². The molecule has 1 aliphatic rings. The molecule has 1 aromatic rings. The molecule has 1 heterocycles. The second-order valence-corrected chi connectivity index (χ2v) is 5.86. The molecule has 0 radical (unpaired) electrons. The average molecular weight is 324 g/mol. The number of benzene rings is 1. The summed E-state index contributed by atoms with van der Waals surface area (Å²) in [6.45, 7) is 2.93. The Kier molecular flexibility index (Phi) is 5.72. The van der Waals surface area contributed by atoms with E-state index < -0.39 is 0 Å². The number of hydrogen-bond donors (Lipinski definition) is 0. The molecule has 2 rings (SSSR count). The number of nitrogens with zero attached hydrogens (tertiary/aromatic N) is 1. The lowest BCUT2D eigenvalue weighted by molar-refractivity contribution is -0.129. The van der Waals surface area contributed by atoms with Crippen molar-refractivity contribution in [3.63, 3.8) is 0 Å². The Morgan fingerprint density at radius 3 is 2.73 bits per heavy atom. The van der Waals surface area contributed by atoms with Crippen molar-refractivity contribution in [3.8, 4) is 11.5 Å². The van der Waals surface area contributed by atoms with Gasteiger partial charge in [-0.25, -0.2) is 0 Å². The van der Waals surface area contributed by atoms with Gasteiger partial charge in [0.05, 0.1) is 19.2 Å². The Balaban J connectivity index is 2.15. The molecule has 1 saturated heterocycles. The van der Waals surface area contributed by atoms with Gasteiger partial charge in [0.2, 0.25) is 5.91 Å². The summed E-state index contributed by atoms with van der Waals surface area (Å²) in [4.78, 5) is 14.2. The van der Waals surface area contributed by atoms with Crippen molar-refractivity contribution in [3.05, 3.63) is 28.8 Å². The van der Waals surface area contributed by atoms with Crippen LogP contribution in [0.4, 0.5) is 0 Å². The van der Waals surface area contributed by atoms with Gasteiger partial charge in [-0.3, -0.25) is 4.79 Å². The van der Waals surface area contributed by atoms with E-state index in [0.717, 1.165) is 24.9 Å². The standard InChI is InChI=1S/C17H22ClNO3/c1-12-6-4-5-9-19(12)16(20)8-7-13-10-14(18)17(22-3)15(11-13)21-2/h7-8,10-12H,4-6,9H2,1-3H3/b8-7+. The Morgan fingerprint density at radius 1 is 1.32 bits per heavy atom. The highest BCUT2D eigenvalue weighted by molar-refractivity contribution is 6.32. The zero-order valence-electron chi connectivity index (χ0n) is 13.3. The van der Waals surface area contributed by atoms with E-state index in [2.05, 4.69) is 6.92 Å². The first-order valence-corrected chi connectivity index (χ1v) is 7.84. The molecule has 1 amide bonds. The summed E-state index contributed by atoms with van der Waals surface area (Å²) in [5.41, 5.74) is 0.806. The van der Waals surface area contributed by atoms with Crippen LogP contribution in [0.5, 0.6) is 11.5 Å². The lowest BCUT2D eigenvalue weighted by atomic mass is 10.0. The van der Waals surface area contributed by atoms with Crippen LogP contribution in [-0.2, 0) is 4.79 Å². The molecule has 0 spiro atoms. The molecule has 0 bridgehead atoms. The molecule has 4 nitrogen and oxygen atoms in total. The third-order valence-electron chi connectivity index (χ3n) is 3.96. The van der Waals surface area contributed by atoms with Crippen molar-refractivity contribution >= 4 is 23.6 Å². The van der Waals surface area contributed by atoms with Crippen molar-refractivity contribution in [2.24, 2.45) is 0 Å². The van der Waals surface area contributed by atoms with Crippen molar-refractivity contribution in [1.29, 1.82) is 0 Å². The van der Waals surface area contributed by atoms with Gasteiger partial charge < -0.3 is 14.4 Å². The van der Waals surface area contributed by atoms with Gasteiger partial charge in [-0.05, 0) is 50.0 Å². The van der Waals surface area contributed by atoms with Crippen LogP contribution in [-0.4, -0.2) is 37.6 Å². The summed E-state index contributed by atoms with van der Waals surface area (Å²) >= 11 is 6.17. The van der Waals surface area contributed by atoms with Crippen LogP contribution in [0.15, 0.2) is 18.2 Å². The van der Waals surface area contributed by atoms with Gasteiger partial charge in [0.1, 0.15) is 0 Å². The van der Waals surface area contributed by atoms with E-state index in [1.807, 2.05) is 4.90 Å². The van der Waals surface area contributed by atoms with Crippen molar-refractivity contribution < 1.29 is 14.3 Å². The molecule has 1 atom stereocenters. The van der Waals surface area contributed by atoms with Crippen LogP contribution in [0.3, 0.4) is 0 Å². The van der Waals surface area contributed by atoms with Crippen molar-refractivity contribution in [2.75, 3.05) is 20.8 Å². The van der Waals surface area contributed by atoms with Gasteiger partial charge in [-0.1, -0.05) is 11.6 Å². The summed E-state index contributed by atoms with van der Waals surface area (Å²) < 4.78 is 10.5. The van der Waals surface area contributed by atoms with Crippen LogP contribution in [0.2, 0.25) is 5.02 Å². The van der Waals surface area contributed by atoms with E-state index >= 15 is 0 Å². The maximum Gasteiger partial charge on any atom is 0.246 e. The Labute approximate surface area is 136 Å². The summed E-state index contributed by atoms with van der Waals surface area (Å²) in [7, 11) is 3.10. The number of carbonyl (C=O) groups is 1. The number of methoxy groups -OCH3 is 2. The molecule has 22 heavy (non-hydrogen) atoms. The number of carbonyl (C=O) groups excluding carboxylic acids is 1. The highest BCUT2D eigenvalue weighted by atomic mass is 35.5. The summed E-state index contributed by atoms with van der Waals surface area (Å²) in [6, 6.07) is 3.86. The number of hydrogen-bond acceptors (Lipinski definition) is 3. The van der Waals surface area contributed by atoms with Crippen LogP contribution < -0.4 is 9.47 Å². The first-order valence-electron chi connectivity index (χ1n) is 7.47. The van der Waals surface area contributed by atoms with Gasteiger partial charge >= 0.3 is 0 Å². The topological polar surface area (TPSA) is 38.8 Å². The number of amides is 1. The SMILES string of the molecule is COc1cc(/C=C/C(=O)N2CCCCC2C)cc(Cl)c1OC. The molecule has 5 heteroatoms. The minimum atomic E-state index is 0.0399. The zero-order valence-corrected chi connectivity index (χ0v) is 14.0. The average Bonchev–Trinajstić information content (AvgIpc) is 2.52. The van der Waals surface area contributed by atoms with E-state index in [4.69, 9.17) is 21.1 Å². The van der Waals surface area contributed by atoms with E-state index in [1.54, 1.807) is 38.5 Å². The highest BCUT2D eigenvalue weighted by Gasteiger charge is 2.21. The van der Waals surface area contributed by atoms with Crippen molar-refractivity contribution in [1.82, 2.24) is 4.90 Å². The van der Waals surface area contributed by atoms with E-state index in [1.165, 1.54) is 6.42 Å². The molecule has 0 aliphatic carbocycles. The quantitative estimate of drug-likeness (QED) is 0.792. The molecule has 1 fully saturated rings. The lowest BCUT2D eigenvalue weighted by Crippen LogP contribution is -2.41. The number of likely N-dealkylation sites (tertiary alicyclic amines) is 1. The second-order valence-electron chi connectivity index (χ2n) is 5.45. The molecule has 0 saturated carbocycles. The molecule has 120 valence electrons. The second kappa shape index (κ2) is 7.54. The molecule has 0 aromatic heterocycles. The molecule has 1 aliphatic heterocycles. The molecular formula is C17H22ClNO3. The Hall–Kier alpha value is -1.68. The number of ether oxygens (including phenoxy) is 2. The summed E-state index contributed by atoms with van der Waals surface area (Å²) in [5, 5.41) is 0.459. The predicted octanol–water partition coefficient (Wildman–Crippen LogP) is 3.77. The normalized spacial score (nSPS) is 18.5. The van der Waals surface area contributed by atoms with Crippen LogP contribution in [0.1, 0.15) is 31.7 Å².